The molecule has 6 nitrogen and oxygen atoms in total. The fourth-order valence-corrected chi connectivity index (χ4v) is 3.90. The Bertz CT molecular complexity index is 471. The van der Waals surface area contributed by atoms with Crippen LogP contribution in [0.4, 0.5) is 0 Å². The highest BCUT2D eigenvalue weighted by molar-refractivity contribution is 7.90. The molecule has 1 rings (SSSR count). The molecule has 0 radical (unpaired) electrons. The Morgan fingerprint density at radius 3 is 2.52 bits per heavy atom. The third kappa shape index (κ3) is 8.01. The van der Waals surface area contributed by atoms with Crippen molar-refractivity contribution in [2.45, 2.75) is 51.5 Å². The molecule has 23 heavy (non-hydrogen) atoms. The minimum absolute atomic E-state index is 0.0643. The first-order chi connectivity index (χ1) is 10.8. The average Bonchev–Trinajstić information content (AvgIpc) is 2.96. The maximum absolute atomic E-state index is 11.2. The van der Waals surface area contributed by atoms with E-state index in [4.69, 9.17) is 4.74 Å². The molecule has 0 bridgehead atoms. The van der Waals surface area contributed by atoms with Gasteiger partial charge in [-0.2, -0.15) is 0 Å². The zero-order valence-electron chi connectivity index (χ0n) is 15.0. The van der Waals surface area contributed by atoms with Crippen molar-refractivity contribution in [3.05, 3.63) is 0 Å². The molecule has 0 saturated heterocycles. The lowest BCUT2D eigenvalue weighted by Gasteiger charge is -2.30. The Kier molecular flexibility index (Phi) is 8.33. The Morgan fingerprint density at radius 1 is 1.35 bits per heavy atom. The molecule has 1 fully saturated rings. The molecule has 0 aromatic carbocycles. The number of methoxy groups -OCH3 is 1. The van der Waals surface area contributed by atoms with Gasteiger partial charge in [-0.25, -0.2) is 8.42 Å². The molecule has 1 aliphatic carbocycles. The lowest BCUT2D eigenvalue weighted by Crippen LogP contribution is -2.46. The molecule has 0 aromatic heterocycles. The molecule has 0 spiro atoms. The summed E-state index contributed by atoms with van der Waals surface area (Å²) in [6.07, 6.45) is 7.93. The summed E-state index contributed by atoms with van der Waals surface area (Å²) in [5, 5.41) is 6.70. The summed E-state index contributed by atoms with van der Waals surface area (Å²) in [4.78, 5) is 4.26. The second-order valence-electron chi connectivity index (χ2n) is 6.84. The number of nitrogens with zero attached hydrogens (tertiary/aromatic N) is 1. The normalized spacial score (nSPS) is 19.6. The lowest BCUT2D eigenvalue weighted by atomic mass is 9.83. The number of guanidine groups is 1. The van der Waals surface area contributed by atoms with Gasteiger partial charge in [-0.15, -0.1) is 0 Å². The van der Waals surface area contributed by atoms with Crippen LogP contribution < -0.4 is 10.6 Å². The van der Waals surface area contributed by atoms with E-state index < -0.39 is 9.84 Å². The fourth-order valence-electron chi connectivity index (χ4n) is 3.12. The van der Waals surface area contributed by atoms with E-state index in [0.29, 0.717) is 11.8 Å². The highest BCUT2D eigenvalue weighted by Gasteiger charge is 2.33. The Morgan fingerprint density at radius 2 is 2.00 bits per heavy atom. The number of ether oxygens (including phenoxy) is 1. The maximum atomic E-state index is 11.2. The van der Waals surface area contributed by atoms with Crippen LogP contribution in [0.3, 0.4) is 0 Å². The smallest absolute Gasteiger partial charge is 0.191 e. The van der Waals surface area contributed by atoms with E-state index in [-0.39, 0.29) is 11.8 Å². The molecule has 0 aliphatic heterocycles. The highest BCUT2D eigenvalue weighted by atomic mass is 32.2. The van der Waals surface area contributed by atoms with Crippen molar-refractivity contribution in [1.29, 1.82) is 0 Å². The van der Waals surface area contributed by atoms with Crippen LogP contribution in [0.2, 0.25) is 0 Å². The Labute approximate surface area is 141 Å². The quantitative estimate of drug-likeness (QED) is 0.489. The largest absolute Gasteiger partial charge is 0.385 e. The molecule has 136 valence electrons. The molecular weight excluding hydrogens is 314 g/mol. The van der Waals surface area contributed by atoms with Crippen LogP contribution in [0.15, 0.2) is 4.99 Å². The van der Waals surface area contributed by atoms with Crippen LogP contribution in [0, 0.1) is 5.41 Å². The first kappa shape index (κ1) is 20.2. The molecule has 1 unspecified atom stereocenters. The summed E-state index contributed by atoms with van der Waals surface area (Å²) in [6.45, 7) is 3.65. The third-order valence-corrected chi connectivity index (χ3v) is 5.64. The van der Waals surface area contributed by atoms with Crippen molar-refractivity contribution in [2.24, 2.45) is 10.4 Å². The second-order valence-corrected chi connectivity index (χ2v) is 9.10. The summed E-state index contributed by atoms with van der Waals surface area (Å²) in [5.41, 5.74) is 0.295. The van der Waals surface area contributed by atoms with E-state index in [1.54, 1.807) is 14.2 Å². The number of rotatable bonds is 9. The predicted molar refractivity (Wildman–Crippen MR) is 95.7 cm³/mol. The number of hydrogen-bond donors (Lipinski definition) is 2. The second kappa shape index (κ2) is 9.47. The van der Waals surface area contributed by atoms with Gasteiger partial charge >= 0.3 is 0 Å². The van der Waals surface area contributed by atoms with Gasteiger partial charge in [-0.3, -0.25) is 4.99 Å². The van der Waals surface area contributed by atoms with Crippen LogP contribution in [0.1, 0.15) is 45.4 Å². The standard InChI is InChI=1S/C16H33N3O3S/c1-14(7-12-23(4,20)21)19-15(17-2)18-13-16(10-11-22-3)8-5-6-9-16/h14H,5-13H2,1-4H3,(H2,17,18,19). The van der Waals surface area contributed by atoms with Gasteiger partial charge in [0.05, 0.1) is 5.75 Å². The first-order valence-electron chi connectivity index (χ1n) is 8.44. The molecular formula is C16H33N3O3S. The number of aliphatic imine (C=N–C) groups is 1. The first-order valence-corrected chi connectivity index (χ1v) is 10.5. The van der Waals surface area contributed by atoms with Crippen LogP contribution in [0.5, 0.6) is 0 Å². The van der Waals surface area contributed by atoms with Crippen LogP contribution in [-0.4, -0.2) is 59.7 Å². The minimum atomic E-state index is -2.92. The Balaban J connectivity index is 2.46. The van der Waals surface area contributed by atoms with Crippen molar-refractivity contribution >= 4 is 15.8 Å². The third-order valence-electron chi connectivity index (χ3n) is 4.66. The van der Waals surface area contributed by atoms with Crippen molar-refractivity contribution in [1.82, 2.24) is 10.6 Å². The monoisotopic (exact) mass is 347 g/mol. The van der Waals surface area contributed by atoms with Crippen LogP contribution in [-0.2, 0) is 14.6 Å². The molecule has 7 heteroatoms. The van der Waals surface area contributed by atoms with Crippen LogP contribution in [0.25, 0.3) is 0 Å². The zero-order chi connectivity index (χ0) is 17.3. The van der Waals surface area contributed by atoms with Crippen molar-refractivity contribution in [2.75, 3.05) is 39.3 Å². The van der Waals surface area contributed by atoms with E-state index in [0.717, 1.165) is 25.5 Å². The number of sulfone groups is 1. The number of hydrogen-bond acceptors (Lipinski definition) is 4. The van der Waals surface area contributed by atoms with E-state index in [2.05, 4.69) is 15.6 Å². The molecule has 0 heterocycles. The predicted octanol–water partition coefficient (Wildman–Crippen LogP) is 1.57. The van der Waals surface area contributed by atoms with Crippen molar-refractivity contribution < 1.29 is 13.2 Å². The van der Waals surface area contributed by atoms with E-state index in [1.165, 1.54) is 31.9 Å². The van der Waals surface area contributed by atoms with Gasteiger partial charge in [0.2, 0.25) is 0 Å². The summed E-state index contributed by atoms with van der Waals surface area (Å²) < 4.78 is 27.8. The van der Waals surface area contributed by atoms with E-state index in [1.807, 2.05) is 6.92 Å². The molecule has 1 aliphatic rings. The van der Waals surface area contributed by atoms with Crippen molar-refractivity contribution in [3.8, 4) is 0 Å². The molecule has 0 amide bonds. The van der Waals surface area contributed by atoms with E-state index in [9.17, 15) is 8.42 Å². The van der Waals surface area contributed by atoms with Gasteiger partial charge in [0.1, 0.15) is 9.84 Å². The average molecular weight is 348 g/mol. The summed E-state index contributed by atoms with van der Waals surface area (Å²) in [5.74, 6) is 0.935. The Hall–Kier alpha value is -0.820. The minimum Gasteiger partial charge on any atom is -0.385 e. The summed E-state index contributed by atoms with van der Waals surface area (Å²) in [7, 11) is 0.574. The molecule has 0 aromatic rings. The fraction of sp³-hybridized carbons (Fsp3) is 0.938. The SMILES string of the molecule is CN=C(NCC1(CCOC)CCCC1)NC(C)CCS(C)(=O)=O. The highest BCUT2D eigenvalue weighted by Crippen LogP contribution is 2.40. The maximum Gasteiger partial charge on any atom is 0.191 e. The van der Waals surface area contributed by atoms with Gasteiger partial charge in [0.25, 0.3) is 0 Å². The number of nitrogens with one attached hydrogen (secondary N) is 2. The molecule has 2 N–H and O–H groups in total. The van der Waals surface area contributed by atoms with Gasteiger partial charge in [-0.05, 0) is 38.0 Å². The topological polar surface area (TPSA) is 79.8 Å². The van der Waals surface area contributed by atoms with E-state index >= 15 is 0 Å². The summed E-state index contributed by atoms with van der Waals surface area (Å²) in [6, 6.07) is 0.0643. The lowest BCUT2D eigenvalue weighted by molar-refractivity contribution is 0.138. The molecule has 1 saturated carbocycles. The van der Waals surface area contributed by atoms with Gasteiger partial charge in [0.15, 0.2) is 5.96 Å². The molecule has 1 atom stereocenters. The van der Waals surface area contributed by atoms with Gasteiger partial charge in [0, 0.05) is 39.6 Å². The zero-order valence-corrected chi connectivity index (χ0v) is 15.8. The van der Waals surface area contributed by atoms with Gasteiger partial charge in [-0.1, -0.05) is 12.8 Å². The van der Waals surface area contributed by atoms with Crippen molar-refractivity contribution in [3.63, 3.8) is 0 Å². The summed E-state index contributed by atoms with van der Waals surface area (Å²) >= 11 is 0. The van der Waals surface area contributed by atoms with Crippen LogP contribution >= 0.6 is 0 Å². The van der Waals surface area contributed by atoms with Gasteiger partial charge < -0.3 is 15.4 Å².